The molecular weight excluding hydrogens is 370 g/mol. The van der Waals surface area contributed by atoms with E-state index in [1.807, 2.05) is 32.0 Å². The van der Waals surface area contributed by atoms with Crippen molar-refractivity contribution in [2.75, 3.05) is 0 Å². The van der Waals surface area contributed by atoms with Crippen molar-refractivity contribution in [3.05, 3.63) is 69.2 Å². The first kappa shape index (κ1) is 18.1. The number of hydrazone groups is 1. The van der Waals surface area contributed by atoms with Gasteiger partial charge in [-0.3, -0.25) is 4.79 Å². The van der Waals surface area contributed by atoms with Crippen LogP contribution in [0, 0.1) is 13.8 Å². The fraction of sp³-hybridized carbons (Fsp3) is 0.105. The van der Waals surface area contributed by atoms with Gasteiger partial charge < -0.3 is 5.11 Å². The molecule has 5 nitrogen and oxygen atoms in total. The molecule has 1 aromatic heterocycles. The summed E-state index contributed by atoms with van der Waals surface area (Å²) in [5.41, 5.74) is 5.57. The zero-order valence-corrected chi connectivity index (χ0v) is 15.7. The second-order valence-electron chi connectivity index (χ2n) is 5.71. The van der Waals surface area contributed by atoms with Crippen LogP contribution in [0.1, 0.15) is 26.4 Å². The molecule has 1 heterocycles. The SMILES string of the molecule is Cc1cc(/C=N/NC(=O)c2cnc(-c3ccccc3Cl)s2)cc(C)c1O. The standard InChI is InChI=1S/C19H16ClN3O2S/c1-11-7-13(8-12(2)17(11)24)9-22-23-18(25)16-10-21-19(26-16)14-5-3-4-6-15(14)20/h3-10,24H,1-2H3,(H,23,25)/b22-9+. The van der Waals surface area contributed by atoms with E-state index < -0.39 is 0 Å². The van der Waals surface area contributed by atoms with Gasteiger partial charge in [0.1, 0.15) is 15.6 Å². The van der Waals surface area contributed by atoms with Crippen molar-refractivity contribution in [2.45, 2.75) is 13.8 Å². The van der Waals surface area contributed by atoms with E-state index >= 15 is 0 Å². The number of amides is 1. The van der Waals surface area contributed by atoms with Gasteiger partial charge >= 0.3 is 0 Å². The Bertz CT molecular complexity index is 975. The van der Waals surface area contributed by atoms with Gasteiger partial charge in [-0.15, -0.1) is 11.3 Å². The number of aromatic nitrogens is 1. The monoisotopic (exact) mass is 385 g/mol. The minimum atomic E-state index is -0.343. The molecule has 0 unspecified atom stereocenters. The molecule has 0 aliphatic carbocycles. The first-order valence-corrected chi connectivity index (χ1v) is 8.99. The summed E-state index contributed by atoms with van der Waals surface area (Å²) < 4.78 is 0. The van der Waals surface area contributed by atoms with E-state index in [2.05, 4.69) is 15.5 Å². The second-order valence-corrected chi connectivity index (χ2v) is 7.15. The summed E-state index contributed by atoms with van der Waals surface area (Å²) in [6.45, 7) is 3.62. The maximum atomic E-state index is 12.2. The van der Waals surface area contributed by atoms with Crippen LogP contribution >= 0.6 is 22.9 Å². The van der Waals surface area contributed by atoms with E-state index in [0.717, 1.165) is 22.3 Å². The van der Waals surface area contributed by atoms with Crippen LogP contribution in [0.3, 0.4) is 0 Å². The van der Waals surface area contributed by atoms with Gasteiger partial charge in [0.2, 0.25) is 0 Å². The minimum Gasteiger partial charge on any atom is -0.507 e. The fourth-order valence-electron chi connectivity index (χ4n) is 2.42. The predicted octanol–water partition coefficient (Wildman–Crippen LogP) is 4.55. The van der Waals surface area contributed by atoms with Crippen molar-refractivity contribution in [3.63, 3.8) is 0 Å². The van der Waals surface area contributed by atoms with E-state index in [9.17, 15) is 9.90 Å². The Kier molecular flexibility index (Phi) is 5.35. The summed E-state index contributed by atoms with van der Waals surface area (Å²) in [6.07, 6.45) is 3.04. The average Bonchev–Trinajstić information content (AvgIpc) is 3.10. The molecule has 0 saturated heterocycles. The fourth-order valence-corrected chi connectivity index (χ4v) is 3.55. The summed E-state index contributed by atoms with van der Waals surface area (Å²) in [4.78, 5) is 16.9. The van der Waals surface area contributed by atoms with Crippen LogP contribution in [0.25, 0.3) is 10.6 Å². The van der Waals surface area contributed by atoms with Crippen molar-refractivity contribution in [2.24, 2.45) is 5.10 Å². The van der Waals surface area contributed by atoms with Crippen LogP contribution in [-0.2, 0) is 0 Å². The molecule has 0 spiro atoms. The Morgan fingerprint density at radius 1 is 1.27 bits per heavy atom. The van der Waals surface area contributed by atoms with Gasteiger partial charge in [0.15, 0.2) is 0 Å². The number of rotatable bonds is 4. The summed E-state index contributed by atoms with van der Waals surface area (Å²) in [6, 6.07) is 10.9. The molecule has 0 aliphatic heterocycles. The number of carbonyl (C=O) groups excluding carboxylic acids is 1. The van der Waals surface area contributed by atoms with E-state index in [1.54, 1.807) is 18.2 Å². The van der Waals surface area contributed by atoms with Crippen LogP contribution in [-0.4, -0.2) is 22.2 Å². The maximum absolute atomic E-state index is 12.2. The number of benzene rings is 2. The number of thiazole rings is 1. The number of halogens is 1. The molecule has 0 radical (unpaired) electrons. The third kappa shape index (κ3) is 3.92. The summed E-state index contributed by atoms with van der Waals surface area (Å²) in [7, 11) is 0. The maximum Gasteiger partial charge on any atom is 0.283 e. The zero-order chi connectivity index (χ0) is 18.7. The highest BCUT2D eigenvalue weighted by molar-refractivity contribution is 7.17. The summed E-state index contributed by atoms with van der Waals surface area (Å²) >= 11 is 7.41. The second kappa shape index (κ2) is 7.68. The summed E-state index contributed by atoms with van der Waals surface area (Å²) in [5, 5.41) is 15.0. The van der Waals surface area contributed by atoms with E-state index in [1.165, 1.54) is 23.7 Å². The zero-order valence-electron chi connectivity index (χ0n) is 14.2. The summed E-state index contributed by atoms with van der Waals surface area (Å²) in [5.74, 6) is -0.0766. The lowest BCUT2D eigenvalue weighted by Crippen LogP contribution is -2.16. The van der Waals surface area contributed by atoms with Crippen LogP contribution < -0.4 is 5.43 Å². The molecule has 26 heavy (non-hydrogen) atoms. The van der Waals surface area contributed by atoms with Gasteiger partial charge in [0, 0.05) is 5.56 Å². The molecule has 0 saturated carbocycles. The lowest BCUT2D eigenvalue weighted by molar-refractivity contribution is 0.0959. The highest BCUT2D eigenvalue weighted by Gasteiger charge is 2.12. The van der Waals surface area contributed by atoms with Crippen molar-refractivity contribution in [3.8, 4) is 16.3 Å². The number of carbonyl (C=O) groups is 1. The number of aromatic hydroxyl groups is 1. The number of nitrogens with one attached hydrogen (secondary N) is 1. The number of hydrogen-bond acceptors (Lipinski definition) is 5. The van der Waals surface area contributed by atoms with Crippen LogP contribution in [0.15, 0.2) is 47.7 Å². The van der Waals surface area contributed by atoms with Crippen molar-refractivity contribution in [1.29, 1.82) is 0 Å². The molecule has 0 aliphatic rings. The van der Waals surface area contributed by atoms with Crippen LogP contribution in [0.2, 0.25) is 5.02 Å². The molecule has 7 heteroatoms. The lowest BCUT2D eigenvalue weighted by atomic mass is 10.1. The predicted molar refractivity (Wildman–Crippen MR) is 105 cm³/mol. The molecule has 0 atom stereocenters. The molecule has 2 N–H and O–H groups in total. The highest BCUT2D eigenvalue weighted by Crippen LogP contribution is 2.30. The van der Waals surface area contributed by atoms with Crippen LogP contribution in [0.5, 0.6) is 5.75 Å². The van der Waals surface area contributed by atoms with Gasteiger partial charge in [0.05, 0.1) is 17.4 Å². The Balaban J connectivity index is 1.70. The normalized spacial score (nSPS) is 11.0. The third-order valence-electron chi connectivity index (χ3n) is 3.73. The molecule has 3 aromatic rings. The smallest absolute Gasteiger partial charge is 0.283 e. The molecule has 1 amide bonds. The minimum absolute atomic E-state index is 0.267. The quantitative estimate of drug-likeness (QED) is 0.511. The van der Waals surface area contributed by atoms with Crippen molar-refractivity contribution in [1.82, 2.24) is 10.4 Å². The van der Waals surface area contributed by atoms with Crippen molar-refractivity contribution >= 4 is 35.1 Å². The molecule has 132 valence electrons. The highest BCUT2D eigenvalue weighted by atomic mass is 35.5. The van der Waals surface area contributed by atoms with E-state index in [4.69, 9.17) is 11.6 Å². The largest absolute Gasteiger partial charge is 0.507 e. The number of phenols is 1. The Hall–Kier alpha value is -2.70. The van der Waals surface area contributed by atoms with Gasteiger partial charge in [-0.1, -0.05) is 29.8 Å². The first-order valence-electron chi connectivity index (χ1n) is 7.80. The number of phenolic OH excluding ortho intramolecular Hbond substituents is 1. The van der Waals surface area contributed by atoms with E-state index in [0.29, 0.717) is 14.9 Å². The third-order valence-corrected chi connectivity index (χ3v) is 5.09. The topological polar surface area (TPSA) is 74.6 Å². The molecule has 2 aromatic carbocycles. The Labute approximate surface area is 160 Å². The van der Waals surface area contributed by atoms with Crippen LogP contribution in [0.4, 0.5) is 0 Å². The number of nitrogens with zero attached hydrogens (tertiary/aromatic N) is 2. The van der Waals surface area contributed by atoms with Crippen molar-refractivity contribution < 1.29 is 9.90 Å². The molecule has 0 fully saturated rings. The molecule has 3 rings (SSSR count). The molecular formula is C19H16ClN3O2S. The van der Waals surface area contributed by atoms with Gasteiger partial charge in [0.25, 0.3) is 5.91 Å². The van der Waals surface area contributed by atoms with Gasteiger partial charge in [-0.05, 0) is 48.7 Å². The Morgan fingerprint density at radius 2 is 1.96 bits per heavy atom. The number of aryl methyl sites for hydroxylation is 2. The van der Waals surface area contributed by atoms with Gasteiger partial charge in [-0.25, -0.2) is 10.4 Å². The Morgan fingerprint density at radius 3 is 2.65 bits per heavy atom. The van der Waals surface area contributed by atoms with Gasteiger partial charge in [-0.2, -0.15) is 5.10 Å². The molecule has 0 bridgehead atoms. The lowest BCUT2D eigenvalue weighted by Gasteiger charge is -2.04. The first-order chi connectivity index (χ1) is 12.5. The average molecular weight is 386 g/mol. The number of hydrogen-bond donors (Lipinski definition) is 2. The van der Waals surface area contributed by atoms with E-state index in [-0.39, 0.29) is 11.7 Å².